The maximum Gasteiger partial charge on any atom is 0.273 e. The maximum absolute atomic E-state index is 13.7. The van der Waals surface area contributed by atoms with Crippen molar-refractivity contribution in [2.24, 2.45) is 0 Å². The highest BCUT2D eigenvalue weighted by atomic mass is 16.6. The molecule has 4 aromatic rings. The predicted molar refractivity (Wildman–Crippen MR) is 137 cm³/mol. The molecule has 3 aromatic carbocycles. The van der Waals surface area contributed by atoms with Crippen molar-refractivity contribution >= 4 is 22.5 Å². The molecule has 0 saturated carbocycles. The maximum atomic E-state index is 13.7. The standard InChI is InChI=1S/C27H26N4O5/c1-5-21(29(3)26(32)18-15-14-17(2)23(16-18)31(34)35)25-28-20-11-7-6-10-19(20)27(33)30(25)22-12-8-9-13-24(22)36-4/h6-16,21H,5H2,1-4H3. The van der Waals surface area contributed by atoms with Crippen LogP contribution in [0.4, 0.5) is 5.69 Å². The fourth-order valence-electron chi connectivity index (χ4n) is 4.33. The molecule has 4 rings (SSSR count). The number of carbonyl (C=O) groups excluding carboxylic acids is 1. The largest absolute Gasteiger partial charge is 0.495 e. The van der Waals surface area contributed by atoms with E-state index >= 15 is 0 Å². The zero-order valence-electron chi connectivity index (χ0n) is 20.5. The van der Waals surface area contributed by atoms with E-state index in [1.807, 2.05) is 6.92 Å². The van der Waals surface area contributed by atoms with E-state index in [2.05, 4.69) is 0 Å². The quantitative estimate of drug-likeness (QED) is 0.273. The van der Waals surface area contributed by atoms with Crippen molar-refractivity contribution < 1.29 is 14.5 Å². The summed E-state index contributed by atoms with van der Waals surface area (Å²) in [6.45, 7) is 3.51. The lowest BCUT2D eigenvalue weighted by atomic mass is 10.1. The van der Waals surface area contributed by atoms with Crippen molar-refractivity contribution in [2.75, 3.05) is 14.2 Å². The summed E-state index contributed by atoms with van der Waals surface area (Å²) in [6, 6.07) is 17.9. The van der Waals surface area contributed by atoms with Gasteiger partial charge in [-0.2, -0.15) is 0 Å². The van der Waals surface area contributed by atoms with Crippen LogP contribution in [0.5, 0.6) is 5.75 Å². The van der Waals surface area contributed by atoms with Gasteiger partial charge in [0, 0.05) is 24.2 Å². The van der Waals surface area contributed by atoms with Crippen LogP contribution in [0.1, 0.15) is 41.1 Å². The van der Waals surface area contributed by atoms with Crippen LogP contribution in [-0.4, -0.2) is 39.4 Å². The Balaban J connectivity index is 1.91. The molecule has 0 fully saturated rings. The number of benzene rings is 3. The lowest BCUT2D eigenvalue weighted by molar-refractivity contribution is -0.385. The number of amides is 1. The summed E-state index contributed by atoms with van der Waals surface area (Å²) in [6.07, 6.45) is 0.441. The number of nitrogens with zero attached hydrogens (tertiary/aromatic N) is 4. The lowest BCUT2D eigenvalue weighted by Crippen LogP contribution is -2.36. The third kappa shape index (κ3) is 4.31. The average molecular weight is 487 g/mol. The van der Waals surface area contributed by atoms with Crippen LogP contribution in [0.15, 0.2) is 71.5 Å². The molecule has 0 aliphatic carbocycles. The third-order valence-corrected chi connectivity index (χ3v) is 6.25. The van der Waals surface area contributed by atoms with Gasteiger partial charge in [-0.3, -0.25) is 24.3 Å². The van der Waals surface area contributed by atoms with Crippen LogP contribution >= 0.6 is 0 Å². The molecule has 0 N–H and O–H groups in total. The topological polar surface area (TPSA) is 108 Å². The molecule has 0 bridgehead atoms. The molecule has 9 heteroatoms. The number of nitro groups is 1. The van der Waals surface area contributed by atoms with Crippen molar-refractivity contribution in [3.8, 4) is 11.4 Å². The van der Waals surface area contributed by atoms with Gasteiger partial charge in [-0.05, 0) is 43.7 Å². The zero-order chi connectivity index (χ0) is 26.0. The van der Waals surface area contributed by atoms with Crippen LogP contribution in [0.3, 0.4) is 0 Å². The first kappa shape index (κ1) is 24.6. The second-order valence-electron chi connectivity index (χ2n) is 8.40. The Bertz CT molecular complexity index is 1530. The SMILES string of the molecule is CCC(c1nc2ccccc2c(=O)n1-c1ccccc1OC)N(C)C(=O)c1ccc(C)c([N+](=O)[O-])c1. The molecule has 1 heterocycles. The van der Waals surface area contributed by atoms with Gasteiger partial charge in [0.1, 0.15) is 11.6 Å². The van der Waals surface area contributed by atoms with Crippen molar-refractivity contribution in [3.05, 3.63) is 104 Å². The Morgan fingerprint density at radius 3 is 2.53 bits per heavy atom. The van der Waals surface area contributed by atoms with Crippen LogP contribution in [0.25, 0.3) is 16.6 Å². The molecule has 36 heavy (non-hydrogen) atoms. The minimum Gasteiger partial charge on any atom is -0.495 e. The number of nitro benzene ring substituents is 1. The van der Waals surface area contributed by atoms with E-state index < -0.39 is 16.9 Å². The van der Waals surface area contributed by atoms with Crippen LogP contribution in [0.2, 0.25) is 0 Å². The van der Waals surface area contributed by atoms with E-state index in [0.717, 1.165) is 0 Å². The molecular formula is C27H26N4O5. The van der Waals surface area contributed by atoms with Gasteiger partial charge in [0.05, 0.1) is 34.7 Å². The van der Waals surface area contributed by atoms with E-state index in [0.29, 0.717) is 40.1 Å². The predicted octanol–water partition coefficient (Wildman–Crippen LogP) is 4.83. The monoisotopic (exact) mass is 486 g/mol. The third-order valence-electron chi connectivity index (χ3n) is 6.25. The molecule has 0 aliphatic heterocycles. The smallest absolute Gasteiger partial charge is 0.273 e. The van der Waals surface area contributed by atoms with Gasteiger partial charge in [0.15, 0.2) is 0 Å². The number of para-hydroxylation sites is 3. The van der Waals surface area contributed by atoms with Gasteiger partial charge < -0.3 is 9.64 Å². The highest BCUT2D eigenvalue weighted by Crippen LogP contribution is 2.30. The van der Waals surface area contributed by atoms with Gasteiger partial charge in [0.2, 0.25) is 0 Å². The summed E-state index contributed by atoms with van der Waals surface area (Å²) in [5.74, 6) is 0.429. The van der Waals surface area contributed by atoms with Gasteiger partial charge in [-0.25, -0.2) is 4.98 Å². The van der Waals surface area contributed by atoms with Gasteiger partial charge in [0.25, 0.3) is 17.2 Å². The molecule has 1 atom stereocenters. The first-order valence-corrected chi connectivity index (χ1v) is 11.5. The van der Waals surface area contributed by atoms with Crippen molar-refractivity contribution in [1.82, 2.24) is 14.5 Å². The Kier molecular flexibility index (Phi) is 6.82. The summed E-state index contributed by atoms with van der Waals surface area (Å²) < 4.78 is 7.01. The van der Waals surface area contributed by atoms with E-state index in [4.69, 9.17) is 9.72 Å². The summed E-state index contributed by atoms with van der Waals surface area (Å²) in [5.41, 5.74) is 1.24. The number of rotatable bonds is 7. The summed E-state index contributed by atoms with van der Waals surface area (Å²) >= 11 is 0. The second-order valence-corrected chi connectivity index (χ2v) is 8.40. The molecule has 9 nitrogen and oxygen atoms in total. The number of fused-ring (bicyclic) bond motifs is 1. The Morgan fingerprint density at radius 1 is 1.14 bits per heavy atom. The van der Waals surface area contributed by atoms with Gasteiger partial charge in [-0.15, -0.1) is 0 Å². The Labute approximate surface area is 207 Å². The number of aromatic nitrogens is 2. The Hall–Kier alpha value is -4.53. The minimum atomic E-state index is -0.611. The van der Waals surface area contributed by atoms with Gasteiger partial charge >= 0.3 is 0 Å². The summed E-state index contributed by atoms with van der Waals surface area (Å²) in [7, 11) is 3.13. The van der Waals surface area contributed by atoms with Crippen LogP contribution in [-0.2, 0) is 0 Å². The van der Waals surface area contributed by atoms with Crippen LogP contribution < -0.4 is 10.3 Å². The van der Waals surface area contributed by atoms with Crippen molar-refractivity contribution in [1.29, 1.82) is 0 Å². The molecule has 0 spiro atoms. The number of methoxy groups -OCH3 is 1. The lowest BCUT2D eigenvalue weighted by Gasteiger charge is -2.29. The molecular weight excluding hydrogens is 460 g/mol. The molecule has 0 aliphatic rings. The number of ether oxygens (including phenoxy) is 1. The summed E-state index contributed by atoms with van der Waals surface area (Å²) in [5, 5.41) is 11.9. The van der Waals surface area contributed by atoms with E-state index in [1.54, 1.807) is 74.6 Å². The van der Waals surface area contributed by atoms with Crippen molar-refractivity contribution in [3.63, 3.8) is 0 Å². The number of aryl methyl sites for hydroxylation is 1. The highest BCUT2D eigenvalue weighted by molar-refractivity contribution is 5.95. The first-order chi connectivity index (χ1) is 17.3. The Morgan fingerprint density at radius 2 is 1.83 bits per heavy atom. The van der Waals surface area contributed by atoms with E-state index in [-0.39, 0.29) is 16.8 Å². The molecule has 1 amide bonds. The van der Waals surface area contributed by atoms with E-state index in [9.17, 15) is 19.7 Å². The highest BCUT2D eigenvalue weighted by Gasteiger charge is 2.29. The normalized spacial score (nSPS) is 11.8. The van der Waals surface area contributed by atoms with Gasteiger partial charge in [-0.1, -0.05) is 37.3 Å². The molecule has 1 unspecified atom stereocenters. The molecule has 1 aromatic heterocycles. The molecule has 184 valence electrons. The molecule has 0 saturated heterocycles. The summed E-state index contributed by atoms with van der Waals surface area (Å²) in [4.78, 5) is 44.4. The second kappa shape index (κ2) is 9.99. The van der Waals surface area contributed by atoms with Crippen LogP contribution in [0, 0.1) is 17.0 Å². The van der Waals surface area contributed by atoms with Crippen molar-refractivity contribution in [2.45, 2.75) is 26.3 Å². The fraction of sp³-hybridized carbons (Fsp3) is 0.222. The number of hydrogen-bond acceptors (Lipinski definition) is 6. The zero-order valence-corrected chi connectivity index (χ0v) is 20.5. The number of carbonyl (C=O) groups is 1. The number of hydrogen-bond donors (Lipinski definition) is 0. The van der Waals surface area contributed by atoms with E-state index in [1.165, 1.54) is 22.6 Å². The minimum absolute atomic E-state index is 0.128. The molecule has 0 radical (unpaired) electrons. The fourth-order valence-corrected chi connectivity index (χ4v) is 4.33. The average Bonchev–Trinajstić information content (AvgIpc) is 2.89. The first-order valence-electron chi connectivity index (χ1n) is 11.5.